The van der Waals surface area contributed by atoms with Crippen molar-refractivity contribution in [1.82, 2.24) is 5.32 Å². The summed E-state index contributed by atoms with van der Waals surface area (Å²) in [4.78, 5) is 25.0. The molecule has 0 heterocycles. The van der Waals surface area contributed by atoms with Crippen molar-refractivity contribution in [2.45, 2.75) is 39.3 Å². The summed E-state index contributed by atoms with van der Waals surface area (Å²) in [6.07, 6.45) is -0.697. The molecule has 1 unspecified atom stereocenters. The highest BCUT2D eigenvalue weighted by Gasteiger charge is 2.23. The van der Waals surface area contributed by atoms with Gasteiger partial charge in [-0.25, -0.2) is 4.79 Å². The van der Waals surface area contributed by atoms with Gasteiger partial charge in [-0.3, -0.25) is 4.79 Å². The zero-order chi connectivity index (χ0) is 20.5. The standard InChI is InChI=1S/C22H27NO4/c1-16(2)13-20(22(25)27-15-18-7-5-4-6-8-18)23-21(24)14-17-9-11-19(26-3)12-10-17/h4-12,16,20H,13-15H2,1-3H3,(H,23,24)/t20-/m0/s1/i14D/t14?,20-. The van der Waals surface area contributed by atoms with E-state index in [2.05, 4.69) is 5.32 Å². The molecule has 0 radical (unpaired) electrons. The van der Waals surface area contributed by atoms with Gasteiger partial charge in [0.15, 0.2) is 0 Å². The predicted molar refractivity (Wildman–Crippen MR) is 104 cm³/mol. The second-order valence-electron chi connectivity index (χ2n) is 6.70. The van der Waals surface area contributed by atoms with E-state index < -0.39 is 24.3 Å². The van der Waals surface area contributed by atoms with Gasteiger partial charge in [-0.05, 0) is 35.6 Å². The van der Waals surface area contributed by atoms with E-state index in [4.69, 9.17) is 10.8 Å². The summed E-state index contributed by atoms with van der Waals surface area (Å²) in [5.41, 5.74) is 1.40. The van der Waals surface area contributed by atoms with Crippen LogP contribution in [-0.4, -0.2) is 25.0 Å². The number of rotatable bonds is 9. The van der Waals surface area contributed by atoms with Crippen molar-refractivity contribution in [3.63, 3.8) is 0 Å². The van der Waals surface area contributed by atoms with Crippen molar-refractivity contribution in [1.29, 1.82) is 0 Å². The topological polar surface area (TPSA) is 64.6 Å². The van der Waals surface area contributed by atoms with Crippen LogP contribution in [-0.2, 0) is 27.3 Å². The van der Waals surface area contributed by atoms with Crippen LogP contribution in [0.4, 0.5) is 0 Å². The number of hydrogen-bond donors (Lipinski definition) is 1. The summed E-state index contributed by atoms with van der Waals surface area (Å²) in [7, 11) is 1.55. The lowest BCUT2D eigenvalue weighted by atomic mass is 10.0. The molecule has 2 rings (SSSR count). The second kappa shape index (κ2) is 10.4. The molecule has 2 aromatic rings. The Morgan fingerprint density at radius 3 is 2.30 bits per heavy atom. The Kier molecular flexibility index (Phi) is 7.27. The summed E-state index contributed by atoms with van der Waals surface area (Å²) in [5, 5.41) is 2.68. The fourth-order valence-corrected chi connectivity index (χ4v) is 2.58. The molecule has 0 aromatic heterocycles. The van der Waals surface area contributed by atoms with Gasteiger partial charge in [-0.1, -0.05) is 56.3 Å². The van der Waals surface area contributed by atoms with Gasteiger partial charge in [0.2, 0.25) is 5.91 Å². The first kappa shape index (κ1) is 19.0. The molecule has 0 bridgehead atoms. The maximum atomic E-state index is 12.5. The van der Waals surface area contributed by atoms with Gasteiger partial charge in [-0.2, -0.15) is 0 Å². The minimum absolute atomic E-state index is 0.146. The minimum Gasteiger partial charge on any atom is -0.497 e. The van der Waals surface area contributed by atoms with E-state index in [-0.39, 0.29) is 12.5 Å². The van der Waals surface area contributed by atoms with Gasteiger partial charge >= 0.3 is 5.97 Å². The lowest BCUT2D eigenvalue weighted by molar-refractivity contribution is -0.149. The van der Waals surface area contributed by atoms with Crippen molar-refractivity contribution < 1.29 is 20.4 Å². The van der Waals surface area contributed by atoms with Gasteiger partial charge in [0.1, 0.15) is 18.4 Å². The van der Waals surface area contributed by atoms with Gasteiger partial charge < -0.3 is 14.8 Å². The van der Waals surface area contributed by atoms with Gasteiger partial charge in [0, 0.05) is 1.37 Å². The van der Waals surface area contributed by atoms with Crippen LogP contribution in [0.25, 0.3) is 0 Å². The van der Waals surface area contributed by atoms with Gasteiger partial charge in [-0.15, -0.1) is 0 Å². The molecule has 0 aliphatic heterocycles. The molecule has 5 nitrogen and oxygen atoms in total. The summed E-state index contributed by atoms with van der Waals surface area (Å²) in [5.74, 6) is -0.196. The summed E-state index contributed by atoms with van der Waals surface area (Å²) >= 11 is 0. The van der Waals surface area contributed by atoms with E-state index in [1.165, 1.54) is 0 Å². The average molecular weight is 370 g/mol. The number of amides is 1. The number of nitrogens with one attached hydrogen (secondary N) is 1. The van der Waals surface area contributed by atoms with Crippen LogP contribution in [0.15, 0.2) is 54.6 Å². The zero-order valence-corrected chi connectivity index (χ0v) is 16.0. The van der Waals surface area contributed by atoms with E-state index in [1.807, 2.05) is 44.2 Å². The highest BCUT2D eigenvalue weighted by atomic mass is 16.5. The van der Waals surface area contributed by atoms with Crippen molar-refractivity contribution in [2.24, 2.45) is 5.92 Å². The third-order valence-corrected chi connectivity index (χ3v) is 3.95. The van der Waals surface area contributed by atoms with E-state index in [1.54, 1.807) is 31.4 Å². The molecule has 0 aliphatic rings. The van der Waals surface area contributed by atoms with Crippen molar-refractivity contribution >= 4 is 11.9 Å². The summed E-state index contributed by atoms with van der Waals surface area (Å²) in [6, 6.07) is 15.3. The Bertz CT molecular complexity index is 762. The largest absolute Gasteiger partial charge is 0.497 e. The highest BCUT2D eigenvalue weighted by Crippen LogP contribution is 2.13. The third kappa shape index (κ3) is 7.13. The average Bonchev–Trinajstić information content (AvgIpc) is 2.71. The summed E-state index contributed by atoms with van der Waals surface area (Å²) in [6.45, 7) is 4.07. The highest BCUT2D eigenvalue weighted by molar-refractivity contribution is 5.85. The van der Waals surface area contributed by atoms with E-state index in [9.17, 15) is 9.59 Å². The predicted octanol–water partition coefficient (Wildman–Crippen LogP) is 3.51. The first-order valence-electron chi connectivity index (χ1n) is 9.55. The Morgan fingerprint density at radius 1 is 1.04 bits per heavy atom. The minimum atomic E-state index is -1.14. The van der Waals surface area contributed by atoms with Gasteiger partial charge in [0.05, 0.1) is 13.5 Å². The molecule has 0 aliphatic carbocycles. The molecule has 144 valence electrons. The lowest BCUT2D eigenvalue weighted by Gasteiger charge is -2.19. The smallest absolute Gasteiger partial charge is 0.328 e. The van der Waals surface area contributed by atoms with Crippen LogP contribution in [0, 0.1) is 5.92 Å². The van der Waals surface area contributed by atoms with E-state index >= 15 is 0 Å². The first-order valence-corrected chi connectivity index (χ1v) is 8.97. The number of benzene rings is 2. The Morgan fingerprint density at radius 2 is 1.70 bits per heavy atom. The van der Waals surface area contributed by atoms with Crippen molar-refractivity contribution in [3.05, 3.63) is 65.7 Å². The van der Waals surface area contributed by atoms with Crippen LogP contribution in [0.5, 0.6) is 5.75 Å². The molecule has 2 aromatic carbocycles. The lowest BCUT2D eigenvalue weighted by Crippen LogP contribution is -2.43. The SMILES string of the molecule is [2H]C(C(=O)N[C@@H](CC(C)C)C(=O)OCc1ccccc1)c1ccc(OC)cc1. The van der Waals surface area contributed by atoms with Gasteiger partial charge in [0.25, 0.3) is 0 Å². The maximum absolute atomic E-state index is 12.5. The Hall–Kier alpha value is -2.82. The molecule has 2 atom stereocenters. The van der Waals surface area contributed by atoms with Crippen LogP contribution >= 0.6 is 0 Å². The molecular formula is C22H27NO4. The third-order valence-electron chi connectivity index (χ3n) is 3.95. The molecule has 1 amide bonds. The second-order valence-corrected chi connectivity index (χ2v) is 6.70. The molecule has 0 saturated heterocycles. The Labute approximate surface area is 162 Å². The maximum Gasteiger partial charge on any atom is 0.328 e. The molecule has 0 fully saturated rings. The molecule has 27 heavy (non-hydrogen) atoms. The fraction of sp³-hybridized carbons (Fsp3) is 0.364. The number of carbonyl (C=O) groups is 2. The number of carbonyl (C=O) groups excluding carboxylic acids is 2. The van der Waals surface area contributed by atoms with Crippen molar-refractivity contribution in [3.8, 4) is 5.75 Å². The normalized spacial score (nSPS) is 13.4. The molecular weight excluding hydrogens is 342 g/mol. The van der Waals surface area contributed by atoms with Crippen LogP contribution in [0.1, 0.15) is 32.8 Å². The summed E-state index contributed by atoms with van der Waals surface area (Å²) < 4.78 is 18.7. The van der Waals surface area contributed by atoms with E-state index in [0.29, 0.717) is 17.7 Å². The Balaban J connectivity index is 2.00. The van der Waals surface area contributed by atoms with Crippen LogP contribution < -0.4 is 10.1 Å². The monoisotopic (exact) mass is 370 g/mol. The van der Waals surface area contributed by atoms with Crippen LogP contribution in [0.3, 0.4) is 0 Å². The quantitative estimate of drug-likeness (QED) is 0.686. The number of ether oxygens (including phenoxy) is 2. The fourth-order valence-electron chi connectivity index (χ4n) is 2.58. The number of hydrogen-bond acceptors (Lipinski definition) is 4. The molecule has 1 N–H and O–H groups in total. The van der Waals surface area contributed by atoms with E-state index in [0.717, 1.165) is 5.56 Å². The number of esters is 1. The van der Waals surface area contributed by atoms with Crippen molar-refractivity contribution in [2.75, 3.05) is 7.11 Å². The molecule has 5 heteroatoms. The number of methoxy groups -OCH3 is 1. The van der Waals surface area contributed by atoms with Crippen LogP contribution in [0.2, 0.25) is 0 Å². The molecule has 0 spiro atoms. The molecule has 0 saturated carbocycles. The first-order chi connectivity index (χ1) is 13.4. The zero-order valence-electron chi connectivity index (χ0n) is 17.0.